The van der Waals surface area contributed by atoms with Crippen LogP contribution in [0.25, 0.3) is 10.2 Å². The number of nitrogens with zero attached hydrogens (tertiary/aromatic N) is 2. The molecule has 4 rings (SSSR count). The highest BCUT2D eigenvalue weighted by Gasteiger charge is 2.20. The molecular formula is C16H15N3OS2. The summed E-state index contributed by atoms with van der Waals surface area (Å²) in [5.74, 6) is 0.561. The van der Waals surface area contributed by atoms with E-state index in [1.165, 1.54) is 41.0 Å². The average Bonchev–Trinajstić information content (AvgIpc) is 3.11. The number of nitrogens with one attached hydrogen (secondary N) is 1. The van der Waals surface area contributed by atoms with Crippen molar-refractivity contribution in [1.82, 2.24) is 9.97 Å². The minimum absolute atomic E-state index is 0.0939. The van der Waals surface area contributed by atoms with Crippen LogP contribution in [0.4, 0.5) is 5.82 Å². The highest BCUT2D eigenvalue weighted by atomic mass is 32.1. The molecule has 0 spiro atoms. The largest absolute Gasteiger partial charge is 0.305 e. The molecule has 0 aromatic carbocycles. The summed E-state index contributed by atoms with van der Waals surface area (Å²) in [7, 11) is 0. The van der Waals surface area contributed by atoms with E-state index in [1.807, 2.05) is 17.5 Å². The lowest BCUT2D eigenvalue weighted by Crippen LogP contribution is -2.12. The number of hydrogen-bond acceptors (Lipinski definition) is 5. The number of aryl methyl sites for hydroxylation is 2. The first-order valence-electron chi connectivity index (χ1n) is 7.43. The van der Waals surface area contributed by atoms with Crippen molar-refractivity contribution in [2.24, 2.45) is 0 Å². The first kappa shape index (κ1) is 13.8. The summed E-state index contributed by atoms with van der Waals surface area (Å²) in [5.41, 5.74) is 1.35. The third-order valence-electron chi connectivity index (χ3n) is 3.98. The second-order valence-corrected chi connectivity index (χ2v) is 7.43. The van der Waals surface area contributed by atoms with Gasteiger partial charge in [-0.2, -0.15) is 0 Å². The Morgan fingerprint density at radius 3 is 2.95 bits per heavy atom. The quantitative estimate of drug-likeness (QED) is 0.714. The fourth-order valence-corrected chi connectivity index (χ4v) is 4.79. The third kappa shape index (κ3) is 2.42. The molecule has 4 nitrogen and oxygen atoms in total. The molecule has 1 amide bonds. The standard InChI is InChI=1S/C16H15N3OS2/c20-15(12-7-4-8-21-12)19-14-13-10-5-2-1-3-6-11(10)22-16(13)18-9-17-14/h4,7-9H,1-3,5-6H2,(H,17,18,19,20). The number of aromatic nitrogens is 2. The highest BCUT2D eigenvalue weighted by molar-refractivity contribution is 7.19. The number of rotatable bonds is 2. The van der Waals surface area contributed by atoms with Crippen molar-refractivity contribution in [2.45, 2.75) is 32.1 Å². The van der Waals surface area contributed by atoms with Crippen molar-refractivity contribution < 1.29 is 4.79 Å². The molecule has 0 saturated heterocycles. The van der Waals surface area contributed by atoms with E-state index in [0.717, 1.165) is 23.1 Å². The Kier molecular flexibility index (Phi) is 3.63. The Morgan fingerprint density at radius 2 is 2.09 bits per heavy atom. The van der Waals surface area contributed by atoms with E-state index in [9.17, 15) is 4.79 Å². The number of thiophene rings is 2. The lowest BCUT2D eigenvalue weighted by molar-refractivity contribution is 0.103. The average molecular weight is 329 g/mol. The van der Waals surface area contributed by atoms with E-state index in [2.05, 4.69) is 15.3 Å². The zero-order valence-electron chi connectivity index (χ0n) is 12.0. The normalized spacial score (nSPS) is 14.5. The second kappa shape index (κ2) is 5.78. The van der Waals surface area contributed by atoms with Crippen LogP contribution in [0.3, 0.4) is 0 Å². The molecule has 112 valence electrons. The van der Waals surface area contributed by atoms with Gasteiger partial charge < -0.3 is 5.32 Å². The second-order valence-electron chi connectivity index (χ2n) is 5.40. The lowest BCUT2D eigenvalue weighted by atomic mass is 10.1. The van der Waals surface area contributed by atoms with E-state index in [4.69, 9.17) is 0 Å². The van der Waals surface area contributed by atoms with E-state index in [1.54, 1.807) is 17.7 Å². The minimum atomic E-state index is -0.0939. The summed E-state index contributed by atoms with van der Waals surface area (Å²) in [6.07, 6.45) is 7.44. The van der Waals surface area contributed by atoms with Gasteiger partial charge in [-0.05, 0) is 42.7 Å². The fraction of sp³-hybridized carbons (Fsp3) is 0.312. The van der Waals surface area contributed by atoms with Gasteiger partial charge in [0.1, 0.15) is 17.0 Å². The van der Waals surface area contributed by atoms with Crippen LogP contribution < -0.4 is 5.32 Å². The van der Waals surface area contributed by atoms with Gasteiger partial charge >= 0.3 is 0 Å². The Hall–Kier alpha value is -1.79. The van der Waals surface area contributed by atoms with Crippen molar-refractivity contribution in [2.75, 3.05) is 5.32 Å². The van der Waals surface area contributed by atoms with Crippen molar-refractivity contribution >= 4 is 44.6 Å². The van der Waals surface area contributed by atoms with Crippen molar-refractivity contribution in [1.29, 1.82) is 0 Å². The zero-order valence-corrected chi connectivity index (χ0v) is 13.6. The molecule has 3 aromatic rings. The predicted molar refractivity (Wildman–Crippen MR) is 90.9 cm³/mol. The van der Waals surface area contributed by atoms with Crippen LogP contribution in [-0.2, 0) is 12.8 Å². The van der Waals surface area contributed by atoms with E-state index < -0.39 is 0 Å². The Bertz CT molecular complexity index is 823. The third-order valence-corrected chi connectivity index (χ3v) is 6.05. The number of hydrogen-bond donors (Lipinski definition) is 1. The number of carbonyl (C=O) groups excluding carboxylic acids is 1. The van der Waals surface area contributed by atoms with Gasteiger partial charge in [0.25, 0.3) is 5.91 Å². The Balaban J connectivity index is 1.77. The Labute approximate surface area is 136 Å². The summed E-state index contributed by atoms with van der Waals surface area (Å²) in [6, 6.07) is 3.71. The Morgan fingerprint density at radius 1 is 1.18 bits per heavy atom. The number of carbonyl (C=O) groups is 1. The molecule has 1 N–H and O–H groups in total. The molecule has 3 aromatic heterocycles. The maximum Gasteiger partial charge on any atom is 0.266 e. The fourth-order valence-electron chi connectivity index (χ4n) is 2.94. The topological polar surface area (TPSA) is 54.9 Å². The molecule has 0 saturated carbocycles. The molecule has 0 fully saturated rings. The van der Waals surface area contributed by atoms with Gasteiger partial charge in [-0.1, -0.05) is 12.5 Å². The monoisotopic (exact) mass is 329 g/mol. The van der Waals surface area contributed by atoms with Crippen LogP contribution in [0.2, 0.25) is 0 Å². The van der Waals surface area contributed by atoms with Gasteiger partial charge in [0, 0.05) is 4.88 Å². The van der Waals surface area contributed by atoms with Crippen LogP contribution in [-0.4, -0.2) is 15.9 Å². The first-order valence-corrected chi connectivity index (χ1v) is 9.12. The van der Waals surface area contributed by atoms with Crippen molar-refractivity contribution in [3.63, 3.8) is 0 Å². The minimum Gasteiger partial charge on any atom is -0.305 e. The first-order chi connectivity index (χ1) is 10.8. The summed E-state index contributed by atoms with van der Waals surface area (Å²) in [5, 5.41) is 5.93. The molecule has 0 bridgehead atoms. The van der Waals surface area contributed by atoms with Crippen molar-refractivity contribution in [3.8, 4) is 0 Å². The van der Waals surface area contributed by atoms with Crippen LogP contribution in [0.15, 0.2) is 23.8 Å². The summed E-state index contributed by atoms with van der Waals surface area (Å²) < 4.78 is 0. The molecule has 3 heterocycles. The summed E-state index contributed by atoms with van der Waals surface area (Å²) >= 11 is 3.19. The molecule has 0 unspecified atom stereocenters. The van der Waals surface area contributed by atoms with Gasteiger partial charge in [0.05, 0.1) is 10.3 Å². The molecule has 6 heteroatoms. The van der Waals surface area contributed by atoms with Gasteiger partial charge in [-0.15, -0.1) is 22.7 Å². The highest BCUT2D eigenvalue weighted by Crippen LogP contribution is 2.37. The molecule has 1 aliphatic carbocycles. The SMILES string of the molecule is O=C(Nc1ncnc2sc3c(c12)CCCCC3)c1cccs1. The van der Waals surface area contributed by atoms with E-state index >= 15 is 0 Å². The van der Waals surface area contributed by atoms with E-state index in [0.29, 0.717) is 10.7 Å². The number of amides is 1. The lowest BCUT2D eigenvalue weighted by Gasteiger charge is -2.06. The molecule has 1 aliphatic rings. The summed E-state index contributed by atoms with van der Waals surface area (Å²) in [6.45, 7) is 0. The molecular weight excluding hydrogens is 314 g/mol. The maximum absolute atomic E-state index is 12.3. The molecule has 0 atom stereocenters. The molecule has 22 heavy (non-hydrogen) atoms. The molecule has 0 aliphatic heterocycles. The maximum atomic E-state index is 12.3. The van der Waals surface area contributed by atoms with Crippen LogP contribution in [0.1, 0.15) is 39.4 Å². The smallest absolute Gasteiger partial charge is 0.266 e. The van der Waals surface area contributed by atoms with Gasteiger partial charge in [-0.25, -0.2) is 9.97 Å². The van der Waals surface area contributed by atoms with Crippen LogP contribution in [0.5, 0.6) is 0 Å². The van der Waals surface area contributed by atoms with Gasteiger partial charge in [0.15, 0.2) is 0 Å². The van der Waals surface area contributed by atoms with Gasteiger partial charge in [0.2, 0.25) is 0 Å². The number of anilines is 1. The van der Waals surface area contributed by atoms with Gasteiger partial charge in [-0.3, -0.25) is 4.79 Å². The zero-order chi connectivity index (χ0) is 14.9. The van der Waals surface area contributed by atoms with E-state index in [-0.39, 0.29) is 5.91 Å². The van der Waals surface area contributed by atoms with Crippen LogP contribution >= 0.6 is 22.7 Å². The predicted octanol–water partition coefficient (Wildman–Crippen LogP) is 4.27. The number of fused-ring (bicyclic) bond motifs is 3. The summed E-state index contributed by atoms with van der Waals surface area (Å²) in [4.78, 5) is 24.2. The van der Waals surface area contributed by atoms with Crippen LogP contribution in [0, 0.1) is 0 Å². The molecule has 0 radical (unpaired) electrons. The van der Waals surface area contributed by atoms with Crippen molar-refractivity contribution in [3.05, 3.63) is 39.2 Å².